The topological polar surface area (TPSA) is 42.9 Å². The Balaban J connectivity index is 2.23. The number of alkyl halides is 3. The van der Waals surface area contributed by atoms with Crippen LogP contribution in [0.25, 0.3) is 0 Å². The van der Waals surface area contributed by atoms with Crippen molar-refractivity contribution in [3.63, 3.8) is 0 Å². The van der Waals surface area contributed by atoms with E-state index in [4.69, 9.17) is 21.1 Å². The highest BCUT2D eigenvalue weighted by molar-refractivity contribution is 6.33. The fraction of sp³-hybridized carbons (Fsp3) is 0.188. The number of methoxy groups -OCH3 is 2. The molecule has 0 atom stereocenters. The summed E-state index contributed by atoms with van der Waals surface area (Å²) in [5.74, 6) is 1.13. The van der Waals surface area contributed by atoms with Crippen molar-refractivity contribution in [1.82, 2.24) is 0 Å². The van der Waals surface area contributed by atoms with Crippen molar-refractivity contribution < 1.29 is 22.6 Å². The smallest absolute Gasteiger partial charge is 0.416 e. The van der Waals surface area contributed by atoms with Gasteiger partial charge in [-0.3, -0.25) is 5.43 Å². The Morgan fingerprint density at radius 2 is 1.83 bits per heavy atom. The van der Waals surface area contributed by atoms with E-state index in [0.29, 0.717) is 17.1 Å². The Bertz CT molecular complexity index is 749. The van der Waals surface area contributed by atoms with Crippen LogP contribution in [0.1, 0.15) is 11.1 Å². The number of hydrazone groups is 1. The number of nitrogens with zero attached hydrogens (tertiary/aromatic N) is 1. The van der Waals surface area contributed by atoms with Crippen LogP contribution in [0.3, 0.4) is 0 Å². The van der Waals surface area contributed by atoms with Gasteiger partial charge in [-0.05, 0) is 36.4 Å². The maximum absolute atomic E-state index is 12.7. The molecule has 0 aliphatic rings. The summed E-state index contributed by atoms with van der Waals surface area (Å²) in [7, 11) is 3.01. The van der Waals surface area contributed by atoms with Gasteiger partial charge in [0.1, 0.15) is 11.5 Å². The van der Waals surface area contributed by atoms with Gasteiger partial charge in [-0.15, -0.1) is 0 Å². The lowest BCUT2D eigenvalue weighted by atomic mass is 10.2. The normalized spacial score (nSPS) is 11.6. The summed E-state index contributed by atoms with van der Waals surface area (Å²) in [6, 6.07) is 8.04. The minimum Gasteiger partial charge on any atom is -0.497 e. The summed E-state index contributed by atoms with van der Waals surface area (Å²) in [4.78, 5) is 0. The molecule has 8 heteroatoms. The summed E-state index contributed by atoms with van der Waals surface area (Å²) >= 11 is 5.89. The first-order valence-corrected chi connectivity index (χ1v) is 7.11. The molecule has 0 bridgehead atoms. The van der Waals surface area contributed by atoms with E-state index in [9.17, 15) is 13.2 Å². The minimum absolute atomic E-state index is 0.0459. The molecule has 24 heavy (non-hydrogen) atoms. The lowest BCUT2D eigenvalue weighted by Crippen LogP contribution is -2.05. The number of benzene rings is 2. The van der Waals surface area contributed by atoms with Crippen LogP contribution >= 0.6 is 11.6 Å². The van der Waals surface area contributed by atoms with E-state index in [2.05, 4.69) is 10.5 Å². The molecule has 4 nitrogen and oxygen atoms in total. The Morgan fingerprint density at radius 1 is 1.08 bits per heavy atom. The third-order valence-electron chi connectivity index (χ3n) is 3.12. The second kappa shape index (κ2) is 7.44. The number of hydrogen-bond acceptors (Lipinski definition) is 4. The molecule has 0 aliphatic heterocycles. The molecule has 0 radical (unpaired) electrons. The van der Waals surface area contributed by atoms with Crippen LogP contribution in [0.2, 0.25) is 5.02 Å². The number of hydrogen-bond donors (Lipinski definition) is 1. The van der Waals surface area contributed by atoms with Gasteiger partial charge in [0.2, 0.25) is 0 Å². The van der Waals surface area contributed by atoms with Crippen LogP contribution in [-0.4, -0.2) is 20.4 Å². The highest BCUT2D eigenvalue weighted by Gasteiger charge is 2.30. The van der Waals surface area contributed by atoms with Gasteiger partial charge < -0.3 is 9.47 Å². The van der Waals surface area contributed by atoms with Gasteiger partial charge in [0, 0.05) is 5.56 Å². The fourth-order valence-electron chi connectivity index (χ4n) is 1.90. The van der Waals surface area contributed by atoms with E-state index < -0.39 is 11.7 Å². The van der Waals surface area contributed by atoms with Crippen LogP contribution in [0, 0.1) is 0 Å². The second-order valence-corrected chi connectivity index (χ2v) is 5.08. The van der Waals surface area contributed by atoms with Gasteiger partial charge in [0.15, 0.2) is 0 Å². The van der Waals surface area contributed by atoms with E-state index in [0.717, 1.165) is 18.2 Å². The summed E-state index contributed by atoms with van der Waals surface area (Å²) in [5, 5.41) is 4.04. The summed E-state index contributed by atoms with van der Waals surface area (Å²) in [6.45, 7) is 0. The summed E-state index contributed by atoms with van der Waals surface area (Å²) < 4.78 is 48.5. The second-order valence-electron chi connectivity index (χ2n) is 4.67. The maximum Gasteiger partial charge on any atom is 0.416 e. The van der Waals surface area contributed by atoms with Crippen molar-refractivity contribution in [3.05, 3.63) is 52.5 Å². The highest BCUT2D eigenvalue weighted by Crippen LogP contribution is 2.33. The molecule has 0 saturated heterocycles. The van der Waals surface area contributed by atoms with Crippen LogP contribution < -0.4 is 14.9 Å². The van der Waals surface area contributed by atoms with Gasteiger partial charge in [0.05, 0.1) is 36.7 Å². The van der Waals surface area contributed by atoms with Gasteiger partial charge in [-0.25, -0.2) is 0 Å². The molecule has 0 heterocycles. The number of nitrogens with one attached hydrogen (secondary N) is 1. The predicted molar refractivity (Wildman–Crippen MR) is 87.2 cm³/mol. The van der Waals surface area contributed by atoms with Crippen molar-refractivity contribution >= 4 is 23.5 Å². The number of anilines is 1. The van der Waals surface area contributed by atoms with Gasteiger partial charge >= 0.3 is 6.18 Å². The maximum atomic E-state index is 12.7. The Labute approximate surface area is 141 Å². The number of rotatable bonds is 5. The Morgan fingerprint density at radius 3 is 2.46 bits per heavy atom. The van der Waals surface area contributed by atoms with Crippen LogP contribution in [-0.2, 0) is 6.18 Å². The molecular formula is C16H14ClF3N2O2. The predicted octanol–water partition coefficient (Wildman–Crippen LogP) is 4.82. The molecule has 0 aliphatic carbocycles. The van der Waals surface area contributed by atoms with Crippen LogP contribution in [0.5, 0.6) is 11.5 Å². The number of ether oxygens (including phenoxy) is 2. The summed E-state index contributed by atoms with van der Waals surface area (Å²) in [6.07, 6.45) is -3.06. The lowest BCUT2D eigenvalue weighted by Gasteiger charge is -2.10. The zero-order valence-corrected chi connectivity index (χ0v) is 13.6. The lowest BCUT2D eigenvalue weighted by molar-refractivity contribution is -0.137. The largest absolute Gasteiger partial charge is 0.497 e. The van der Waals surface area contributed by atoms with Gasteiger partial charge in [-0.2, -0.15) is 18.3 Å². The first kappa shape index (κ1) is 17.9. The monoisotopic (exact) mass is 358 g/mol. The summed E-state index contributed by atoms with van der Waals surface area (Å²) in [5.41, 5.74) is 2.32. The molecular weight excluding hydrogens is 345 g/mol. The minimum atomic E-state index is -4.46. The molecule has 0 fully saturated rings. The average molecular weight is 359 g/mol. The molecule has 0 aromatic heterocycles. The van der Waals surface area contributed by atoms with Crippen molar-refractivity contribution in [2.75, 3.05) is 19.6 Å². The van der Waals surface area contributed by atoms with Crippen molar-refractivity contribution in [3.8, 4) is 11.5 Å². The van der Waals surface area contributed by atoms with Crippen LogP contribution in [0.4, 0.5) is 18.9 Å². The quantitative estimate of drug-likeness (QED) is 0.615. The fourth-order valence-corrected chi connectivity index (χ4v) is 2.06. The molecule has 1 N–H and O–H groups in total. The molecule has 0 saturated carbocycles. The Kier molecular flexibility index (Phi) is 5.56. The standard InChI is InChI=1S/C16H14ClF3N2O2/c1-23-12-4-6-15(24-2)10(7-12)9-21-22-14-8-11(16(18,19)20)3-5-13(14)17/h3-9,22H,1-2H3. The molecule has 2 aromatic rings. The van der Waals surface area contributed by atoms with E-state index in [1.165, 1.54) is 20.4 Å². The molecule has 0 amide bonds. The van der Waals surface area contributed by atoms with Crippen molar-refractivity contribution in [1.29, 1.82) is 0 Å². The zero-order valence-electron chi connectivity index (χ0n) is 12.8. The molecule has 128 valence electrons. The molecule has 2 rings (SSSR count). The zero-order chi connectivity index (χ0) is 17.7. The van der Waals surface area contributed by atoms with Crippen molar-refractivity contribution in [2.24, 2.45) is 5.10 Å². The molecule has 0 unspecified atom stereocenters. The SMILES string of the molecule is COc1ccc(OC)c(C=NNc2cc(C(F)(F)F)ccc2Cl)c1. The van der Waals surface area contributed by atoms with E-state index in [1.54, 1.807) is 18.2 Å². The molecule has 2 aromatic carbocycles. The van der Waals surface area contributed by atoms with Crippen molar-refractivity contribution in [2.45, 2.75) is 6.18 Å². The molecule has 0 spiro atoms. The first-order chi connectivity index (χ1) is 11.3. The van der Waals surface area contributed by atoms with E-state index >= 15 is 0 Å². The third-order valence-corrected chi connectivity index (χ3v) is 3.45. The average Bonchev–Trinajstić information content (AvgIpc) is 2.55. The first-order valence-electron chi connectivity index (χ1n) is 6.73. The van der Waals surface area contributed by atoms with Gasteiger partial charge in [0.25, 0.3) is 0 Å². The van der Waals surface area contributed by atoms with E-state index in [1.807, 2.05) is 0 Å². The van der Waals surface area contributed by atoms with Crippen LogP contribution in [0.15, 0.2) is 41.5 Å². The van der Waals surface area contributed by atoms with E-state index in [-0.39, 0.29) is 10.7 Å². The number of halogens is 4. The Hall–Kier alpha value is -2.41. The third kappa shape index (κ3) is 4.32. The highest BCUT2D eigenvalue weighted by atomic mass is 35.5. The van der Waals surface area contributed by atoms with Gasteiger partial charge in [-0.1, -0.05) is 11.6 Å².